The smallest absolute Gasteiger partial charge is 0.0931 e. The lowest BCUT2D eigenvalue weighted by Gasteiger charge is -2.14. The molecular weight excluding hydrogens is 256 g/mol. The van der Waals surface area contributed by atoms with E-state index >= 15 is 0 Å². The first-order valence-corrected chi connectivity index (χ1v) is 6.15. The standard InChI is InChI=1S/C9H12BrClS/c1-3-6(2)9(10)7-4-5-8(11)12-7/h4-6,9H,3H2,1-2H3. The van der Waals surface area contributed by atoms with Gasteiger partial charge in [0.15, 0.2) is 0 Å². The second-order valence-corrected chi connectivity index (χ2v) is 5.66. The largest absolute Gasteiger partial charge is 0.127 e. The maximum absolute atomic E-state index is 5.85. The van der Waals surface area contributed by atoms with Gasteiger partial charge in [0.1, 0.15) is 0 Å². The summed E-state index contributed by atoms with van der Waals surface area (Å²) in [5.74, 6) is 0.666. The molecule has 0 saturated heterocycles. The van der Waals surface area contributed by atoms with Crippen molar-refractivity contribution in [3.05, 3.63) is 21.3 Å². The summed E-state index contributed by atoms with van der Waals surface area (Å²) in [5, 5.41) is 0. The number of alkyl halides is 1. The minimum absolute atomic E-state index is 0.458. The zero-order chi connectivity index (χ0) is 9.14. The summed E-state index contributed by atoms with van der Waals surface area (Å²) in [7, 11) is 0. The Labute approximate surface area is 91.1 Å². The molecule has 0 nitrogen and oxygen atoms in total. The predicted octanol–water partition coefficient (Wildman–Crippen LogP) is 4.88. The molecule has 0 spiro atoms. The number of hydrogen-bond acceptors (Lipinski definition) is 1. The maximum atomic E-state index is 5.85. The van der Waals surface area contributed by atoms with Crippen molar-refractivity contribution in [2.75, 3.05) is 0 Å². The molecule has 68 valence electrons. The molecule has 3 heteroatoms. The molecule has 12 heavy (non-hydrogen) atoms. The van der Waals surface area contributed by atoms with E-state index in [0.29, 0.717) is 10.7 Å². The van der Waals surface area contributed by atoms with Crippen molar-refractivity contribution in [2.24, 2.45) is 5.92 Å². The van der Waals surface area contributed by atoms with E-state index in [9.17, 15) is 0 Å². The molecule has 2 unspecified atom stereocenters. The van der Waals surface area contributed by atoms with Gasteiger partial charge in [0.05, 0.1) is 9.16 Å². The molecule has 0 saturated carbocycles. The highest BCUT2D eigenvalue weighted by Crippen LogP contribution is 2.37. The summed E-state index contributed by atoms with van der Waals surface area (Å²) in [6.07, 6.45) is 1.19. The third kappa shape index (κ3) is 2.48. The Kier molecular flexibility index (Phi) is 4.08. The average Bonchev–Trinajstić information content (AvgIpc) is 2.49. The molecule has 0 N–H and O–H groups in total. The fraction of sp³-hybridized carbons (Fsp3) is 0.556. The van der Waals surface area contributed by atoms with Gasteiger partial charge < -0.3 is 0 Å². The van der Waals surface area contributed by atoms with E-state index in [1.54, 1.807) is 11.3 Å². The Hall–Kier alpha value is 0.470. The Balaban J connectivity index is 2.70. The Morgan fingerprint density at radius 2 is 2.25 bits per heavy atom. The first-order valence-electron chi connectivity index (χ1n) is 4.04. The summed E-state index contributed by atoms with van der Waals surface area (Å²) in [5.41, 5.74) is 0. The van der Waals surface area contributed by atoms with Crippen LogP contribution in [0.5, 0.6) is 0 Å². The van der Waals surface area contributed by atoms with E-state index < -0.39 is 0 Å². The number of thiophene rings is 1. The molecule has 0 bridgehead atoms. The maximum Gasteiger partial charge on any atom is 0.0931 e. The van der Waals surface area contributed by atoms with E-state index in [1.807, 2.05) is 6.07 Å². The van der Waals surface area contributed by atoms with Crippen molar-refractivity contribution in [1.29, 1.82) is 0 Å². The van der Waals surface area contributed by atoms with Crippen molar-refractivity contribution in [3.63, 3.8) is 0 Å². The first kappa shape index (κ1) is 10.6. The lowest BCUT2D eigenvalue weighted by Crippen LogP contribution is -1.99. The molecule has 0 aromatic carbocycles. The molecule has 1 aromatic rings. The van der Waals surface area contributed by atoms with Gasteiger partial charge in [-0.05, 0) is 18.1 Å². The topological polar surface area (TPSA) is 0 Å². The molecule has 2 atom stereocenters. The first-order chi connectivity index (χ1) is 5.65. The molecule has 0 aliphatic heterocycles. The lowest BCUT2D eigenvalue weighted by atomic mass is 10.0. The van der Waals surface area contributed by atoms with Gasteiger partial charge in [-0.15, -0.1) is 11.3 Å². The van der Waals surface area contributed by atoms with Crippen molar-refractivity contribution >= 4 is 38.9 Å². The Morgan fingerprint density at radius 3 is 2.67 bits per heavy atom. The van der Waals surface area contributed by atoms with Gasteiger partial charge in [0.2, 0.25) is 0 Å². The molecular formula is C9H12BrClS. The zero-order valence-electron chi connectivity index (χ0n) is 7.18. The van der Waals surface area contributed by atoms with Crippen molar-refractivity contribution in [2.45, 2.75) is 25.1 Å². The molecule has 1 aromatic heterocycles. The van der Waals surface area contributed by atoms with Crippen LogP contribution in [0, 0.1) is 5.92 Å². The quantitative estimate of drug-likeness (QED) is 0.685. The fourth-order valence-corrected chi connectivity index (χ4v) is 2.94. The highest BCUT2D eigenvalue weighted by atomic mass is 79.9. The van der Waals surface area contributed by atoms with Crippen LogP contribution in [0.4, 0.5) is 0 Å². The van der Waals surface area contributed by atoms with Gasteiger partial charge in [-0.1, -0.05) is 47.8 Å². The van der Waals surface area contributed by atoms with E-state index in [4.69, 9.17) is 11.6 Å². The van der Waals surface area contributed by atoms with Gasteiger partial charge in [-0.2, -0.15) is 0 Å². The Morgan fingerprint density at radius 1 is 1.58 bits per heavy atom. The van der Waals surface area contributed by atoms with Crippen LogP contribution in [0.2, 0.25) is 4.34 Å². The monoisotopic (exact) mass is 266 g/mol. The minimum atomic E-state index is 0.458. The van der Waals surface area contributed by atoms with Gasteiger partial charge in [0.25, 0.3) is 0 Å². The number of rotatable bonds is 3. The molecule has 0 aliphatic rings. The zero-order valence-corrected chi connectivity index (χ0v) is 10.3. The van der Waals surface area contributed by atoms with Gasteiger partial charge in [-0.25, -0.2) is 0 Å². The predicted molar refractivity (Wildman–Crippen MR) is 60.5 cm³/mol. The molecule has 0 radical (unpaired) electrons. The van der Waals surface area contributed by atoms with Crippen LogP contribution in [0.15, 0.2) is 12.1 Å². The summed E-state index contributed by atoms with van der Waals surface area (Å²) < 4.78 is 0.873. The van der Waals surface area contributed by atoms with Crippen molar-refractivity contribution in [3.8, 4) is 0 Å². The van der Waals surface area contributed by atoms with Crippen LogP contribution in [0.25, 0.3) is 0 Å². The van der Waals surface area contributed by atoms with Gasteiger partial charge in [0, 0.05) is 4.88 Å². The number of halogens is 2. The van der Waals surface area contributed by atoms with Crippen molar-refractivity contribution < 1.29 is 0 Å². The molecule has 0 amide bonds. The molecule has 0 fully saturated rings. The van der Waals surface area contributed by atoms with Crippen molar-refractivity contribution in [1.82, 2.24) is 0 Å². The SMILES string of the molecule is CCC(C)C(Br)c1ccc(Cl)s1. The van der Waals surface area contributed by atoms with Gasteiger partial charge >= 0.3 is 0 Å². The van der Waals surface area contributed by atoms with Crippen LogP contribution in [-0.4, -0.2) is 0 Å². The fourth-order valence-electron chi connectivity index (χ4n) is 0.964. The van der Waals surface area contributed by atoms with Crippen LogP contribution in [0.1, 0.15) is 30.0 Å². The van der Waals surface area contributed by atoms with E-state index in [-0.39, 0.29) is 0 Å². The average molecular weight is 268 g/mol. The molecule has 1 heterocycles. The highest BCUT2D eigenvalue weighted by molar-refractivity contribution is 9.09. The van der Waals surface area contributed by atoms with E-state index in [0.717, 1.165) is 4.34 Å². The normalized spacial score (nSPS) is 16.0. The van der Waals surface area contributed by atoms with Crippen LogP contribution < -0.4 is 0 Å². The second kappa shape index (κ2) is 4.64. The minimum Gasteiger partial charge on any atom is -0.127 e. The Bertz CT molecular complexity index is 246. The van der Waals surface area contributed by atoms with Crippen LogP contribution in [-0.2, 0) is 0 Å². The lowest BCUT2D eigenvalue weighted by molar-refractivity contribution is 0.560. The molecule has 1 rings (SSSR count). The van der Waals surface area contributed by atoms with Gasteiger partial charge in [-0.3, -0.25) is 0 Å². The van der Waals surface area contributed by atoms with E-state index in [2.05, 4.69) is 35.8 Å². The molecule has 0 aliphatic carbocycles. The summed E-state index contributed by atoms with van der Waals surface area (Å²) >= 11 is 11.2. The van der Waals surface area contributed by atoms with Crippen LogP contribution in [0.3, 0.4) is 0 Å². The van der Waals surface area contributed by atoms with E-state index in [1.165, 1.54) is 11.3 Å². The third-order valence-corrected chi connectivity index (χ3v) is 5.02. The second-order valence-electron chi connectivity index (χ2n) is 2.93. The van der Waals surface area contributed by atoms with Crippen LogP contribution >= 0.6 is 38.9 Å². The summed E-state index contributed by atoms with van der Waals surface area (Å²) in [4.78, 5) is 1.79. The summed E-state index contributed by atoms with van der Waals surface area (Å²) in [6, 6.07) is 4.05. The third-order valence-electron chi connectivity index (χ3n) is 2.01. The highest BCUT2D eigenvalue weighted by Gasteiger charge is 2.15. The summed E-state index contributed by atoms with van der Waals surface area (Å²) in [6.45, 7) is 4.45. The number of hydrogen-bond donors (Lipinski definition) is 0.